The summed E-state index contributed by atoms with van der Waals surface area (Å²) in [5.41, 5.74) is 0.810. The number of amides is 4. The highest BCUT2D eigenvalue weighted by Gasteiger charge is 2.37. The van der Waals surface area contributed by atoms with Crippen LogP contribution in [0.25, 0.3) is 0 Å². The zero-order valence-corrected chi connectivity index (χ0v) is 13.7. The van der Waals surface area contributed by atoms with E-state index in [1.807, 2.05) is 0 Å². The molecule has 0 fully saturated rings. The summed E-state index contributed by atoms with van der Waals surface area (Å²) in [5, 5.41) is 5.04. The fourth-order valence-corrected chi connectivity index (χ4v) is 2.38. The molecule has 0 aliphatic carbocycles. The molecule has 4 amide bonds. The maximum atomic E-state index is 12.3. The molecule has 1 heterocycles. The molecule has 2 N–H and O–H groups in total. The van der Waals surface area contributed by atoms with Crippen LogP contribution in [-0.4, -0.2) is 55.0 Å². The number of imide groups is 1. The number of benzene rings is 1. The van der Waals surface area contributed by atoms with Crippen LogP contribution in [0.4, 0.5) is 4.79 Å². The minimum Gasteiger partial charge on any atom is -0.453 e. The summed E-state index contributed by atoms with van der Waals surface area (Å²) in [5.74, 6) is -1.14. The number of rotatable bonds is 5. The summed E-state index contributed by atoms with van der Waals surface area (Å²) in [6.07, 6.45) is -0.584. The van der Waals surface area contributed by atoms with Crippen molar-refractivity contribution in [1.82, 2.24) is 15.5 Å². The molecule has 0 spiro atoms. The van der Waals surface area contributed by atoms with E-state index in [2.05, 4.69) is 15.4 Å². The molecular weight excluding hydrogens is 314 g/mol. The lowest BCUT2D eigenvalue weighted by molar-refractivity contribution is 0.0608. The second-order valence-electron chi connectivity index (χ2n) is 5.51. The van der Waals surface area contributed by atoms with Crippen LogP contribution in [0.2, 0.25) is 0 Å². The molecule has 0 bridgehead atoms. The fourth-order valence-electron chi connectivity index (χ4n) is 2.38. The van der Waals surface area contributed by atoms with E-state index < -0.39 is 17.9 Å². The van der Waals surface area contributed by atoms with Gasteiger partial charge >= 0.3 is 6.09 Å². The Labute approximate surface area is 139 Å². The number of alkyl carbamates (subject to hydrolysis) is 1. The molecule has 128 valence electrons. The molecule has 2 rings (SSSR count). The van der Waals surface area contributed by atoms with Crippen molar-refractivity contribution >= 4 is 23.8 Å². The third kappa shape index (κ3) is 3.37. The number of hydrogen-bond donors (Lipinski definition) is 2. The molecule has 1 aliphatic heterocycles. The highest BCUT2D eigenvalue weighted by molar-refractivity contribution is 6.22. The fraction of sp³-hybridized carbons (Fsp3) is 0.375. The van der Waals surface area contributed by atoms with E-state index in [1.165, 1.54) is 30.2 Å². The van der Waals surface area contributed by atoms with Crippen LogP contribution in [-0.2, 0) is 4.74 Å². The smallest absolute Gasteiger partial charge is 0.406 e. The lowest BCUT2D eigenvalue weighted by Gasteiger charge is -2.17. The van der Waals surface area contributed by atoms with Gasteiger partial charge in [0, 0.05) is 24.7 Å². The molecule has 8 nitrogen and oxygen atoms in total. The zero-order chi connectivity index (χ0) is 17.9. The first-order valence-electron chi connectivity index (χ1n) is 7.48. The van der Waals surface area contributed by atoms with Gasteiger partial charge < -0.3 is 15.4 Å². The minimum atomic E-state index is -0.584. The van der Waals surface area contributed by atoms with Crippen LogP contribution in [0, 0.1) is 0 Å². The van der Waals surface area contributed by atoms with Crippen molar-refractivity contribution in [3.8, 4) is 0 Å². The molecule has 24 heavy (non-hydrogen) atoms. The summed E-state index contributed by atoms with van der Waals surface area (Å²) >= 11 is 0. The Kier molecular flexibility index (Phi) is 5.18. The van der Waals surface area contributed by atoms with Gasteiger partial charge in [0.25, 0.3) is 17.7 Å². The predicted molar refractivity (Wildman–Crippen MR) is 84.8 cm³/mol. The van der Waals surface area contributed by atoms with Gasteiger partial charge in [-0.05, 0) is 32.0 Å². The highest BCUT2D eigenvalue weighted by Crippen LogP contribution is 2.25. The number of carbonyl (C=O) groups excluding carboxylic acids is 4. The van der Waals surface area contributed by atoms with E-state index in [4.69, 9.17) is 0 Å². The standard InChI is InChI=1S/C16H19N3O5/c1-9(2)19-14(21)11-5-4-10(8-12(11)15(19)22)13(20)17-6-7-18-16(23)24-3/h4-5,8-9H,6-7H2,1-3H3,(H,17,20)(H,18,23). The van der Waals surface area contributed by atoms with Crippen LogP contribution in [0.15, 0.2) is 18.2 Å². The summed E-state index contributed by atoms with van der Waals surface area (Å²) in [4.78, 5) is 48.6. The van der Waals surface area contributed by atoms with Gasteiger partial charge in [-0.2, -0.15) is 0 Å². The van der Waals surface area contributed by atoms with Crippen LogP contribution < -0.4 is 10.6 Å². The van der Waals surface area contributed by atoms with E-state index in [0.717, 1.165) is 0 Å². The average Bonchev–Trinajstić information content (AvgIpc) is 2.81. The van der Waals surface area contributed by atoms with Gasteiger partial charge in [0.15, 0.2) is 0 Å². The van der Waals surface area contributed by atoms with Crippen molar-refractivity contribution in [2.75, 3.05) is 20.2 Å². The lowest BCUT2D eigenvalue weighted by Crippen LogP contribution is -2.36. The van der Waals surface area contributed by atoms with E-state index in [0.29, 0.717) is 5.56 Å². The number of hydrogen-bond acceptors (Lipinski definition) is 5. The summed E-state index contributed by atoms with van der Waals surface area (Å²) in [6.45, 7) is 3.92. The second kappa shape index (κ2) is 7.12. The third-order valence-corrected chi connectivity index (χ3v) is 3.56. The van der Waals surface area contributed by atoms with Gasteiger partial charge in [-0.25, -0.2) is 4.79 Å². The number of carbonyl (C=O) groups is 4. The minimum absolute atomic E-state index is 0.204. The molecule has 0 saturated carbocycles. The largest absolute Gasteiger partial charge is 0.453 e. The van der Waals surface area contributed by atoms with Gasteiger partial charge in [0.1, 0.15) is 0 Å². The van der Waals surface area contributed by atoms with Crippen molar-refractivity contribution < 1.29 is 23.9 Å². The number of methoxy groups -OCH3 is 1. The van der Waals surface area contributed by atoms with Gasteiger partial charge in [-0.3, -0.25) is 19.3 Å². The van der Waals surface area contributed by atoms with E-state index in [-0.39, 0.29) is 36.2 Å². The Morgan fingerprint density at radius 1 is 1.08 bits per heavy atom. The maximum Gasteiger partial charge on any atom is 0.406 e. The van der Waals surface area contributed by atoms with Crippen LogP contribution in [0.3, 0.4) is 0 Å². The summed E-state index contributed by atoms with van der Waals surface area (Å²) < 4.78 is 4.41. The Hall–Kier alpha value is -2.90. The molecule has 0 unspecified atom stereocenters. The van der Waals surface area contributed by atoms with E-state index >= 15 is 0 Å². The molecule has 0 radical (unpaired) electrons. The average molecular weight is 333 g/mol. The van der Waals surface area contributed by atoms with Crippen LogP contribution in [0.5, 0.6) is 0 Å². The first-order valence-corrected chi connectivity index (χ1v) is 7.48. The summed E-state index contributed by atoms with van der Waals surface area (Å²) in [7, 11) is 1.25. The van der Waals surface area contributed by atoms with Crippen molar-refractivity contribution in [3.05, 3.63) is 34.9 Å². The maximum absolute atomic E-state index is 12.3. The topological polar surface area (TPSA) is 105 Å². The number of fused-ring (bicyclic) bond motifs is 1. The normalized spacial score (nSPS) is 13.1. The zero-order valence-electron chi connectivity index (χ0n) is 13.7. The SMILES string of the molecule is COC(=O)NCCNC(=O)c1ccc2c(c1)C(=O)N(C(C)C)C2=O. The van der Waals surface area contributed by atoms with Crippen molar-refractivity contribution in [3.63, 3.8) is 0 Å². The molecule has 8 heteroatoms. The van der Waals surface area contributed by atoms with Crippen LogP contribution >= 0.6 is 0 Å². The third-order valence-electron chi connectivity index (χ3n) is 3.56. The predicted octanol–water partition coefficient (Wildman–Crippen LogP) is 0.777. The number of ether oxygens (including phenoxy) is 1. The molecule has 0 aromatic heterocycles. The Bertz CT molecular complexity index is 699. The van der Waals surface area contributed by atoms with Gasteiger partial charge in [-0.15, -0.1) is 0 Å². The van der Waals surface area contributed by atoms with Gasteiger partial charge in [-0.1, -0.05) is 0 Å². The van der Waals surface area contributed by atoms with Gasteiger partial charge in [0.2, 0.25) is 0 Å². The molecule has 0 atom stereocenters. The quantitative estimate of drug-likeness (QED) is 0.612. The highest BCUT2D eigenvalue weighted by atomic mass is 16.5. The van der Waals surface area contributed by atoms with Gasteiger partial charge in [0.05, 0.1) is 18.2 Å². The van der Waals surface area contributed by atoms with Crippen molar-refractivity contribution in [1.29, 1.82) is 0 Å². The Morgan fingerprint density at radius 3 is 2.33 bits per heavy atom. The number of nitrogens with one attached hydrogen (secondary N) is 2. The Balaban J connectivity index is 2.05. The molecule has 0 saturated heterocycles. The molecule has 1 aliphatic rings. The number of nitrogens with zero attached hydrogens (tertiary/aromatic N) is 1. The second-order valence-corrected chi connectivity index (χ2v) is 5.51. The molecular formula is C16H19N3O5. The molecule has 1 aromatic rings. The lowest BCUT2D eigenvalue weighted by atomic mass is 10.1. The van der Waals surface area contributed by atoms with E-state index in [9.17, 15) is 19.2 Å². The first-order chi connectivity index (χ1) is 11.4. The van der Waals surface area contributed by atoms with E-state index in [1.54, 1.807) is 13.8 Å². The first kappa shape index (κ1) is 17.5. The Morgan fingerprint density at radius 2 is 1.71 bits per heavy atom. The van der Waals surface area contributed by atoms with Crippen molar-refractivity contribution in [2.45, 2.75) is 19.9 Å². The van der Waals surface area contributed by atoms with Crippen LogP contribution in [0.1, 0.15) is 44.9 Å². The van der Waals surface area contributed by atoms with Crippen molar-refractivity contribution in [2.24, 2.45) is 0 Å². The monoisotopic (exact) mass is 333 g/mol. The summed E-state index contributed by atoms with van der Waals surface area (Å²) in [6, 6.07) is 4.15. The molecule has 1 aromatic carbocycles.